The summed E-state index contributed by atoms with van der Waals surface area (Å²) in [6, 6.07) is 8.20. The van der Waals surface area contributed by atoms with Gasteiger partial charge in [0, 0.05) is 13.1 Å². The molecule has 1 aliphatic rings. The monoisotopic (exact) mass is 178 g/mol. The summed E-state index contributed by atoms with van der Waals surface area (Å²) in [5.41, 5.74) is 7.84. The molecule has 3 N–H and O–H groups in total. The van der Waals surface area contributed by atoms with E-state index in [4.69, 9.17) is 10.5 Å². The second kappa shape index (κ2) is 3.87. The molecule has 1 fully saturated rings. The Morgan fingerprint density at radius 3 is 2.69 bits per heavy atom. The van der Waals surface area contributed by atoms with Crippen molar-refractivity contribution in [1.82, 2.24) is 5.32 Å². The van der Waals surface area contributed by atoms with Gasteiger partial charge in [0.1, 0.15) is 6.23 Å². The fourth-order valence-corrected chi connectivity index (χ4v) is 1.47. The molecule has 1 saturated heterocycles. The fraction of sp³-hybridized carbons (Fsp3) is 0.400. The molecule has 0 radical (unpaired) electrons. The molecule has 0 aromatic heterocycles. The van der Waals surface area contributed by atoms with Crippen molar-refractivity contribution in [2.75, 3.05) is 13.2 Å². The maximum atomic E-state index is 5.51. The number of hydrogen-bond acceptors (Lipinski definition) is 3. The number of nitrogens with two attached hydrogens (primary N) is 1. The summed E-state index contributed by atoms with van der Waals surface area (Å²) in [5, 5.41) is 3.26. The first-order valence-electron chi connectivity index (χ1n) is 4.54. The minimum absolute atomic E-state index is 0.0758. The van der Waals surface area contributed by atoms with Gasteiger partial charge in [0.05, 0.1) is 6.61 Å². The van der Waals surface area contributed by atoms with E-state index in [9.17, 15) is 0 Å². The lowest BCUT2D eigenvalue weighted by Gasteiger charge is -2.10. The zero-order valence-electron chi connectivity index (χ0n) is 7.49. The molecule has 3 nitrogen and oxygen atoms in total. The van der Waals surface area contributed by atoms with Crippen LogP contribution in [0.25, 0.3) is 0 Å². The van der Waals surface area contributed by atoms with Gasteiger partial charge >= 0.3 is 0 Å². The van der Waals surface area contributed by atoms with Gasteiger partial charge in [-0.2, -0.15) is 0 Å². The number of hydrogen-bond donors (Lipinski definition) is 2. The number of nitrogens with one attached hydrogen (secondary N) is 1. The van der Waals surface area contributed by atoms with Crippen LogP contribution in [0.4, 0.5) is 0 Å². The van der Waals surface area contributed by atoms with Gasteiger partial charge in [-0.1, -0.05) is 24.3 Å². The van der Waals surface area contributed by atoms with Gasteiger partial charge in [0.15, 0.2) is 0 Å². The molecule has 0 aliphatic carbocycles. The lowest BCUT2D eigenvalue weighted by molar-refractivity contribution is 0.102. The van der Waals surface area contributed by atoms with Crippen LogP contribution in [-0.2, 0) is 11.3 Å². The molecule has 2 rings (SSSR count). The van der Waals surface area contributed by atoms with Crippen molar-refractivity contribution in [3.63, 3.8) is 0 Å². The Morgan fingerprint density at radius 2 is 2.15 bits per heavy atom. The van der Waals surface area contributed by atoms with Crippen LogP contribution in [0, 0.1) is 0 Å². The summed E-state index contributed by atoms with van der Waals surface area (Å²) in [6.07, 6.45) is 0.0758. The van der Waals surface area contributed by atoms with E-state index in [2.05, 4.69) is 17.4 Å². The van der Waals surface area contributed by atoms with Crippen LogP contribution >= 0.6 is 0 Å². The molecule has 1 aromatic rings. The van der Waals surface area contributed by atoms with E-state index in [0.29, 0.717) is 6.54 Å². The highest BCUT2D eigenvalue weighted by molar-refractivity contribution is 5.24. The Bertz CT molecular complexity index is 265. The molecule has 0 amide bonds. The average molecular weight is 178 g/mol. The molecular weight excluding hydrogens is 164 g/mol. The van der Waals surface area contributed by atoms with Crippen molar-refractivity contribution in [2.45, 2.75) is 12.8 Å². The molecular formula is C10H14N2O. The minimum Gasteiger partial charge on any atom is -0.358 e. The lowest BCUT2D eigenvalue weighted by Crippen LogP contribution is -2.13. The molecule has 0 bridgehead atoms. The third-order valence-corrected chi connectivity index (χ3v) is 2.23. The zero-order chi connectivity index (χ0) is 9.10. The van der Waals surface area contributed by atoms with Crippen LogP contribution in [0.2, 0.25) is 0 Å². The van der Waals surface area contributed by atoms with E-state index in [0.717, 1.165) is 18.7 Å². The Morgan fingerprint density at radius 1 is 1.38 bits per heavy atom. The first-order valence-corrected chi connectivity index (χ1v) is 4.54. The van der Waals surface area contributed by atoms with Gasteiger partial charge in [0.25, 0.3) is 0 Å². The third kappa shape index (κ3) is 1.88. The highest BCUT2D eigenvalue weighted by Crippen LogP contribution is 2.17. The first-order chi connectivity index (χ1) is 6.40. The maximum Gasteiger partial charge on any atom is 0.134 e. The average Bonchev–Trinajstić information content (AvgIpc) is 2.71. The SMILES string of the molecule is NCc1ccc(C2NCCO2)cc1. The second-order valence-electron chi connectivity index (χ2n) is 3.15. The molecule has 1 atom stereocenters. The lowest BCUT2D eigenvalue weighted by atomic mass is 10.1. The van der Waals surface area contributed by atoms with Crippen molar-refractivity contribution in [2.24, 2.45) is 5.73 Å². The third-order valence-electron chi connectivity index (χ3n) is 2.23. The first kappa shape index (κ1) is 8.69. The molecule has 70 valence electrons. The molecule has 1 heterocycles. The van der Waals surface area contributed by atoms with E-state index in [-0.39, 0.29) is 6.23 Å². The quantitative estimate of drug-likeness (QED) is 0.703. The van der Waals surface area contributed by atoms with Gasteiger partial charge in [-0.25, -0.2) is 0 Å². The molecule has 0 spiro atoms. The molecule has 13 heavy (non-hydrogen) atoms. The summed E-state index contributed by atoms with van der Waals surface area (Å²) in [4.78, 5) is 0. The summed E-state index contributed by atoms with van der Waals surface area (Å²) in [5.74, 6) is 0. The highest BCUT2D eigenvalue weighted by Gasteiger charge is 2.15. The van der Waals surface area contributed by atoms with Crippen molar-refractivity contribution >= 4 is 0 Å². The Hall–Kier alpha value is -0.900. The van der Waals surface area contributed by atoms with Gasteiger partial charge in [0.2, 0.25) is 0 Å². The second-order valence-corrected chi connectivity index (χ2v) is 3.15. The van der Waals surface area contributed by atoms with Gasteiger partial charge in [-0.3, -0.25) is 5.32 Å². The standard InChI is InChI=1S/C10H14N2O/c11-7-8-1-3-9(4-2-8)10-12-5-6-13-10/h1-4,10,12H,5-7,11H2. The van der Waals surface area contributed by atoms with Gasteiger partial charge < -0.3 is 10.5 Å². The topological polar surface area (TPSA) is 47.3 Å². The van der Waals surface area contributed by atoms with Crippen LogP contribution in [0.5, 0.6) is 0 Å². The fourth-order valence-electron chi connectivity index (χ4n) is 1.47. The molecule has 1 aliphatic heterocycles. The van der Waals surface area contributed by atoms with Crippen molar-refractivity contribution in [3.05, 3.63) is 35.4 Å². The predicted octanol–water partition coefficient (Wildman–Crippen LogP) is 0.764. The summed E-state index contributed by atoms with van der Waals surface area (Å²) >= 11 is 0. The maximum absolute atomic E-state index is 5.51. The summed E-state index contributed by atoms with van der Waals surface area (Å²) in [7, 11) is 0. The highest BCUT2D eigenvalue weighted by atomic mass is 16.5. The largest absolute Gasteiger partial charge is 0.358 e. The Kier molecular flexibility index (Phi) is 2.59. The van der Waals surface area contributed by atoms with E-state index < -0.39 is 0 Å². The zero-order valence-corrected chi connectivity index (χ0v) is 7.49. The van der Waals surface area contributed by atoms with Gasteiger partial charge in [-0.15, -0.1) is 0 Å². The Labute approximate surface area is 77.9 Å². The minimum atomic E-state index is 0.0758. The normalized spacial score (nSPS) is 22.1. The van der Waals surface area contributed by atoms with E-state index in [1.54, 1.807) is 0 Å². The van der Waals surface area contributed by atoms with Crippen LogP contribution in [0.3, 0.4) is 0 Å². The number of benzene rings is 1. The van der Waals surface area contributed by atoms with Crippen LogP contribution in [0.15, 0.2) is 24.3 Å². The smallest absolute Gasteiger partial charge is 0.134 e. The van der Waals surface area contributed by atoms with Crippen LogP contribution in [-0.4, -0.2) is 13.2 Å². The molecule has 0 saturated carbocycles. The van der Waals surface area contributed by atoms with Crippen molar-refractivity contribution < 1.29 is 4.74 Å². The number of ether oxygens (including phenoxy) is 1. The van der Waals surface area contributed by atoms with Crippen molar-refractivity contribution in [3.8, 4) is 0 Å². The summed E-state index contributed by atoms with van der Waals surface area (Å²) < 4.78 is 5.47. The number of rotatable bonds is 2. The van der Waals surface area contributed by atoms with Crippen LogP contribution < -0.4 is 11.1 Å². The van der Waals surface area contributed by atoms with E-state index in [1.165, 1.54) is 5.56 Å². The van der Waals surface area contributed by atoms with E-state index in [1.807, 2.05) is 12.1 Å². The molecule has 1 unspecified atom stereocenters. The van der Waals surface area contributed by atoms with Gasteiger partial charge in [-0.05, 0) is 11.1 Å². The molecule has 3 heteroatoms. The predicted molar refractivity (Wildman–Crippen MR) is 51.0 cm³/mol. The van der Waals surface area contributed by atoms with Crippen LogP contribution in [0.1, 0.15) is 17.4 Å². The van der Waals surface area contributed by atoms with E-state index >= 15 is 0 Å². The van der Waals surface area contributed by atoms with Crippen molar-refractivity contribution in [1.29, 1.82) is 0 Å². The Balaban J connectivity index is 2.12. The summed E-state index contributed by atoms with van der Waals surface area (Å²) in [6.45, 7) is 2.33. The molecule has 1 aromatic carbocycles.